The first-order valence-electron chi connectivity index (χ1n) is 13.2. The summed E-state index contributed by atoms with van der Waals surface area (Å²) in [5.41, 5.74) is -0.328. The number of carbonyl (C=O) groups is 1. The minimum Gasteiger partial charge on any atom is -0.379 e. The quantitative estimate of drug-likeness (QED) is 0.233. The maximum atomic E-state index is 15.8. The van der Waals surface area contributed by atoms with Crippen LogP contribution in [0, 0.1) is 12.7 Å². The van der Waals surface area contributed by atoms with Crippen molar-refractivity contribution in [1.29, 1.82) is 0 Å². The van der Waals surface area contributed by atoms with Crippen LogP contribution >= 0.6 is 0 Å². The highest BCUT2D eigenvalue weighted by Crippen LogP contribution is 2.38. The first kappa shape index (κ1) is 30.9. The zero-order valence-corrected chi connectivity index (χ0v) is 23.0. The van der Waals surface area contributed by atoms with Crippen LogP contribution in [-0.2, 0) is 17.1 Å². The van der Waals surface area contributed by atoms with E-state index in [9.17, 15) is 31.1 Å². The fourth-order valence-electron chi connectivity index (χ4n) is 4.66. The molecule has 2 amide bonds. The number of nitrogens with zero attached hydrogens (tertiary/aromatic N) is 5. The molecule has 0 unspecified atom stereocenters. The van der Waals surface area contributed by atoms with Gasteiger partial charge < -0.3 is 20.8 Å². The molecule has 1 saturated heterocycles. The monoisotopic (exact) mass is 626 g/mol. The fourth-order valence-corrected chi connectivity index (χ4v) is 4.66. The number of hydrogen-bond donors (Lipinski definition) is 3. The van der Waals surface area contributed by atoms with E-state index in [2.05, 4.69) is 30.7 Å². The summed E-state index contributed by atoms with van der Waals surface area (Å²) in [6.07, 6.45) is -8.89. The number of aryl methyl sites for hydroxylation is 1. The van der Waals surface area contributed by atoms with E-state index in [1.54, 1.807) is 6.92 Å². The van der Waals surface area contributed by atoms with Crippen molar-refractivity contribution in [2.75, 3.05) is 55.5 Å². The van der Waals surface area contributed by atoms with Crippen molar-refractivity contribution in [2.24, 2.45) is 0 Å². The summed E-state index contributed by atoms with van der Waals surface area (Å²) in [5, 5.41) is 8.98. The molecule has 2 aromatic carbocycles. The van der Waals surface area contributed by atoms with Crippen molar-refractivity contribution in [3.05, 3.63) is 65.4 Å². The number of nitrogens with one attached hydrogen (secondary N) is 3. The average Bonchev–Trinajstić information content (AvgIpc) is 3.33. The second kappa shape index (κ2) is 12.2. The molecular weight excluding hydrogens is 601 g/mol. The number of alkyl halides is 6. The molecule has 1 fully saturated rings. The number of halogens is 7. The third kappa shape index (κ3) is 6.83. The molecule has 0 radical (unpaired) electrons. The Morgan fingerprint density at radius 2 is 1.66 bits per heavy atom. The second-order valence-corrected chi connectivity index (χ2v) is 9.82. The van der Waals surface area contributed by atoms with Crippen LogP contribution in [0.1, 0.15) is 16.8 Å². The Kier molecular flexibility index (Phi) is 8.60. The standard InChI is InChI=1S/C27H25F7N8O2/c1-15-21-23(40-42(24(21)36-14-35-15)37-5-6-41-7-9-44-10-8-41)19-3-2-4-20(22(19)28)39-25(43)38-18-12-16(26(29,30)31)11-17(13-18)27(32,33)34/h2-4,11-14,37H,5-10H2,1H3,(H2,38,39,43). The fraction of sp³-hybridized carbons (Fsp3) is 0.333. The highest BCUT2D eigenvalue weighted by molar-refractivity contribution is 6.01. The van der Waals surface area contributed by atoms with E-state index >= 15 is 4.39 Å². The number of aromatic nitrogens is 4. The highest BCUT2D eigenvalue weighted by atomic mass is 19.4. The number of fused-ring (bicyclic) bond motifs is 1. The smallest absolute Gasteiger partial charge is 0.379 e. The summed E-state index contributed by atoms with van der Waals surface area (Å²) in [6.45, 7) is 5.69. The molecule has 0 spiro atoms. The molecule has 5 rings (SSSR count). The number of anilines is 2. The molecule has 1 aliphatic heterocycles. The van der Waals surface area contributed by atoms with E-state index < -0.39 is 46.7 Å². The maximum absolute atomic E-state index is 15.8. The van der Waals surface area contributed by atoms with Gasteiger partial charge in [-0.25, -0.2) is 19.2 Å². The molecule has 0 bridgehead atoms. The molecule has 17 heteroatoms. The number of ether oxygens (including phenoxy) is 1. The van der Waals surface area contributed by atoms with Gasteiger partial charge in [-0.05, 0) is 37.3 Å². The molecule has 3 N–H and O–H groups in total. The van der Waals surface area contributed by atoms with Crippen LogP contribution in [0.4, 0.5) is 46.9 Å². The summed E-state index contributed by atoms with van der Waals surface area (Å²) in [4.78, 5) is 24.7. The van der Waals surface area contributed by atoms with Crippen LogP contribution < -0.4 is 16.1 Å². The Morgan fingerprint density at radius 1 is 0.977 bits per heavy atom. The molecule has 10 nitrogen and oxygen atoms in total. The molecule has 3 heterocycles. The largest absolute Gasteiger partial charge is 0.416 e. The molecule has 2 aromatic heterocycles. The molecule has 234 valence electrons. The van der Waals surface area contributed by atoms with Gasteiger partial charge in [-0.15, -0.1) is 5.10 Å². The number of amides is 2. The number of morpholine rings is 1. The van der Waals surface area contributed by atoms with Crippen molar-refractivity contribution in [3.63, 3.8) is 0 Å². The van der Waals surface area contributed by atoms with E-state index in [0.29, 0.717) is 55.2 Å². The summed E-state index contributed by atoms with van der Waals surface area (Å²) in [5.74, 6) is -0.953. The van der Waals surface area contributed by atoms with Gasteiger partial charge in [0.2, 0.25) is 0 Å². The average molecular weight is 627 g/mol. The molecule has 0 atom stereocenters. The van der Waals surface area contributed by atoms with Gasteiger partial charge in [0.1, 0.15) is 12.0 Å². The molecule has 0 saturated carbocycles. The Morgan fingerprint density at radius 3 is 2.32 bits per heavy atom. The second-order valence-electron chi connectivity index (χ2n) is 9.82. The third-order valence-corrected chi connectivity index (χ3v) is 6.80. The van der Waals surface area contributed by atoms with Crippen molar-refractivity contribution in [1.82, 2.24) is 24.8 Å². The van der Waals surface area contributed by atoms with Crippen molar-refractivity contribution >= 4 is 28.4 Å². The van der Waals surface area contributed by atoms with Gasteiger partial charge in [-0.2, -0.15) is 31.1 Å². The van der Waals surface area contributed by atoms with Crippen LogP contribution in [-0.4, -0.2) is 70.2 Å². The minimum atomic E-state index is -5.11. The van der Waals surface area contributed by atoms with Crippen LogP contribution in [0.5, 0.6) is 0 Å². The van der Waals surface area contributed by atoms with Crippen LogP contribution in [0.3, 0.4) is 0 Å². The normalized spacial score (nSPS) is 14.5. The van der Waals surface area contributed by atoms with Gasteiger partial charge in [0.15, 0.2) is 11.5 Å². The van der Waals surface area contributed by atoms with Crippen molar-refractivity contribution in [2.45, 2.75) is 19.3 Å². The number of carbonyl (C=O) groups excluding carboxylic acids is 1. The van der Waals surface area contributed by atoms with E-state index in [4.69, 9.17) is 4.74 Å². The predicted molar refractivity (Wildman–Crippen MR) is 146 cm³/mol. The van der Waals surface area contributed by atoms with Gasteiger partial charge in [0, 0.05) is 37.4 Å². The van der Waals surface area contributed by atoms with Gasteiger partial charge in [0.05, 0.1) is 41.1 Å². The Hall–Kier alpha value is -4.51. The molecule has 1 aliphatic rings. The summed E-state index contributed by atoms with van der Waals surface area (Å²) >= 11 is 0. The lowest BCUT2D eigenvalue weighted by Crippen LogP contribution is -2.40. The molecule has 0 aliphatic carbocycles. The zero-order chi connectivity index (χ0) is 31.6. The summed E-state index contributed by atoms with van der Waals surface area (Å²) < 4.78 is 100. The number of urea groups is 1. The van der Waals surface area contributed by atoms with Gasteiger partial charge in [-0.1, -0.05) is 6.07 Å². The number of rotatable bonds is 7. The number of hydrogen-bond acceptors (Lipinski definition) is 7. The first-order valence-corrected chi connectivity index (χ1v) is 13.2. The van der Waals surface area contributed by atoms with E-state index in [1.165, 1.54) is 29.3 Å². The van der Waals surface area contributed by atoms with Crippen LogP contribution in [0.15, 0.2) is 42.7 Å². The van der Waals surface area contributed by atoms with Crippen LogP contribution in [0.25, 0.3) is 22.3 Å². The predicted octanol–water partition coefficient (Wildman–Crippen LogP) is 5.50. The topological polar surface area (TPSA) is 109 Å². The van der Waals surface area contributed by atoms with Crippen molar-refractivity contribution < 1.29 is 40.3 Å². The molecule has 4 aromatic rings. The van der Waals surface area contributed by atoms with Gasteiger partial charge in [-0.3, -0.25) is 4.90 Å². The van der Waals surface area contributed by atoms with E-state index in [-0.39, 0.29) is 17.3 Å². The summed E-state index contributed by atoms with van der Waals surface area (Å²) in [6, 6.07) is 3.31. The SMILES string of the molecule is Cc1ncnc2c1c(-c1cccc(NC(=O)Nc3cc(C(F)(F)F)cc(C(F)(F)F)c3)c1F)nn2NCCN1CCOCC1. The lowest BCUT2D eigenvalue weighted by molar-refractivity contribution is -0.143. The van der Waals surface area contributed by atoms with Crippen molar-refractivity contribution in [3.8, 4) is 11.3 Å². The third-order valence-electron chi connectivity index (χ3n) is 6.80. The molecule has 44 heavy (non-hydrogen) atoms. The Bertz CT molecular complexity index is 1630. The lowest BCUT2D eigenvalue weighted by Gasteiger charge is -2.26. The number of benzene rings is 2. The Labute approximate surface area is 245 Å². The minimum absolute atomic E-state index is 0.0575. The first-order chi connectivity index (χ1) is 20.8. The maximum Gasteiger partial charge on any atom is 0.416 e. The van der Waals surface area contributed by atoms with Crippen LogP contribution in [0.2, 0.25) is 0 Å². The van der Waals surface area contributed by atoms with E-state index in [1.807, 2.05) is 5.32 Å². The highest BCUT2D eigenvalue weighted by Gasteiger charge is 2.37. The zero-order valence-electron chi connectivity index (χ0n) is 23.0. The molecular formula is C27H25F7N8O2. The summed E-state index contributed by atoms with van der Waals surface area (Å²) in [7, 11) is 0. The van der Waals surface area contributed by atoms with E-state index in [0.717, 1.165) is 13.1 Å². The lowest BCUT2D eigenvalue weighted by atomic mass is 10.1. The van der Waals surface area contributed by atoms with Gasteiger partial charge >= 0.3 is 18.4 Å². The van der Waals surface area contributed by atoms with Gasteiger partial charge in [0.25, 0.3) is 0 Å². The Balaban J connectivity index is 1.39.